The first-order valence-corrected chi connectivity index (χ1v) is 16.0. The van der Waals surface area contributed by atoms with E-state index < -0.39 is 34.1 Å². The summed E-state index contributed by atoms with van der Waals surface area (Å²) >= 11 is 1.16. The summed E-state index contributed by atoms with van der Waals surface area (Å²) in [5.41, 5.74) is 2.48. The Balaban J connectivity index is 1.61. The lowest BCUT2D eigenvalue weighted by molar-refractivity contribution is -0.274. The molecule has 1 aromatic heterocycles. The SMILES string of the molecule is Cc1nc(N2CCN(S(=O)(=O)c3ccc(OC(F)(F)F)cc3)[C@@H](C(=O)NCc3ccc(C(C)C)cc3)C2)sc1C(=O)N(C)C. The summed E-state index contributed by atoms with van der Waals surface area (Å²) in [6.07, 6.45) is -4.93. The van der Waals surface area contributed by atoms with E-state index in [4.69, 9.17) is 0 Å². The fraction of sp³-hybridized carbons (Fsp3) is 0.414. The molecule has 44 heavy (non-hydrogen) atoms. The highest BCUT2D eigenvalue weighted by atomic mass is 32.2. The van der Waals surface area contributed by atoms with Crippen molar-refractivity contribution in [2.24, 2.45) is 0 Å². The highest BCUT2D eigenvalue weighted by Crippen LogP contribution is 2.31. The van der Waals surface area contributed by atoms with Crippen molar-refractivity contribution < 1.29 is 35.9 Å². The van der Waals surface area contributed by atoms with Gasteiger partial charge in [0.1, 0.15) is 16.7 Å². The molecular formula is C29H34F3N5O5S2. The van der Waals surface area contributed by atoms with Crippen LogP contribution < -0.4 is 15.0 Å². The molecule has 238 valence electrons. The van der Waals surface area contributed by atoms with Crippen molar-refractivity contribution in [1.82, 2.24) is 19.5 Å². The van der Waals surface area contributed by atoms with Gasteiger partial charge in [0.15, 0.2) is 5.13 Å². The molecule has 2 heterocycles. The minimum Gasteiger partial charge on any atom is -0.406 e. The van der Waals surface area contributed by atoms with Crippen molar-refractivity contribution in [3.05, 3.63) is 70.2 Å². The van der Waals surface area contributed by atoms with Crippen molar-refractivity contribution in [3.63, 3.8) is 0 Å². The van der Waals surface area contributed by atoms with Gasteiger partial charge in [-0.25, -0.2) is 13.4 Å². The minimum absolute atomic E-state index is 0.0604. The van der Waals surface area contributed by atoms with E-state index >= 15 is 0 Å². The third-order valence-electron chi connectivity index (χ3n) is 7.07. The molecule has 10 nitrogen and oxygen atoms in total. The van der Waals surface area contributed by atoms with Crippen LogP contribution in [0.15, 0.2) is 53.4 Å². The Morgan fingerprint density at radius 1 is 1.09 bits per heavy atom. The first kappa shape index (κ1) is 33.2. The van der Waals surface area contributed by atoms with Crippen LogP contribution in [0.2, 0.25) is 0 Å². The number of alkyl halides is 3. The number of thiazole rings is 1. The summed E-state index contributed by atoms with van der Waals surface area (Å²) in [7, 11) is -1.06. The number of carbonyl (C=O) groups is 2. The molecule has 0 saturated carbocycles. The standard InChI is InChI=1S/C29H34F3N5O5S2/c1-18(2)21-8-6-20(7-9-21)16-33-26(38)24-17-36(28-34-19(3)25(43-28)27(39)35(4)5)14-15-37(24)44(40,41)23-12-10-22(11-13-23)42-29(30,31)32/h6-13,18,24H,14-17H2,1-5H3,(H,33,38)/t24-/m1/s1. The zero-order valence-corrected chi connectivity index (χ0v) is 26.5. The van der Waals surface area contributed by atoms with Gasteiger partial charge >= 0.3 is 6.36 Å². The number of carbonyl (C=O) groups excluding carboxylic acids is 2. The number of hydrogen-bond donors (Lipinski definition) is 1. The van der Waals surface area contributed by atoms with Crippen LogP contribution in [0.3, 0.4) is 0 Å². The number of ether oxygens (including phenoxy) is 1. The fourth-order valence-corrected chi connectivity index (χ4v) is 7.33. The van der Waals surface area contributed by atoms with E-state index in [-0.39, 0.29) is 37.0 Å². The van der Waals surface area contributed by atoms with Crippen molar-refractivity contribution in [1.29, 1.82) is 0 Å². The van der Waals surface area contributed by atoms with Crippen molar-refractivity contribution >= 4 is 38.3 Å². The topological polar surface area (TPSA) is 112 Å². The number of piperazine rings is 1. The summed E-state index contributed by atoms with van der Waals surface area (Å²) in [6, 6.07) is 10.4. The van der Waals surface area contributed by atoms with Crippen LogP contribution >= 0.6 is 11.3 Å². The Kier molecular flexibility index (Phi) is 9.90. The van der Waals surface area contributed by atoms with E-state index in [0.29, 0.717) is 21.6 Å². The lowest BCUT2D eigenvalue weighted by Crippen LogP contribution is -2.60. The molecular weight excluding hydrogens is 619 g/mol. The van der Waals surface area contributed by atoms with E-state index in [1.807, 2.05) is 24.3 Å². The molecule has 3 aromatic rings. The second kappa shape index (κ2) is 13.1. The lowest BCUT2D eigenvalue weighted by atomic mass is 10.0. The van der Waals surface area contributed by atoms with Gasteiger partial charge in [-0.15, -0.1) is 13.2 Å². The van der Waals surface area contributed by atoms with Crippen LogP contribution in [-0.2, 0) is 21.4 Å². The van der Waals surface area contributed by atoms with Gasteiger partial charge in [0.05, 0.1) is 10.6 Å². The molecule has 0 aliphatic carbocycles. The molecule has 1 N–H and O–H groups in total. The predicted molar refractivity (Wildman–Crippen MR) is 160 cm³/mol. The number of sulfonamides is 1. The number of rotatable bonds is 9. The van der Waals surface area contributed by atoms with Gasteiger partial charge < -0.3 is 19.9 Å². The number of halogens is 3. The molecule has 0 bridgehead atoms. The van der Waals surface area contributed by atoms with Gasteiger partial charge in [-0.2, -0.15) is 4.31 Å². The van der Waals surface area contributed by atoms with Gasteiger partial charge in [0.25, 0.3) is 5.91 Å². The number of anilines is 1. The van der Waals surface area contributed by atoms with Crippen LogP contribution in [-0.4, -0.2) is 80.6 Å². The number of aromatic nitrogens is 1. The van der Waals surface area contributed by atoms with E-state index in [2.05, 4.69) is 28.9 Å². The molecule has 1 saturated heterocycles. The Hall–Kier alpha value is -3.69. The van der Waals surface area contributed by atoms with E-state index in [1.54, 1.807) is 25.9 Å². The minimum atomic E-state index is -4.93. The van der Waals surface area contributed by atoms with Gasteiger partial charge in [0.2, 0.25) is 15.9 Å². The molecule has 1 aliphatic heterocycles. The summed E-state index contributed by atoms with van der Waals surface area (Å²) < 4.78 is 70.3. The van der Waals surface area contributed by atoms with Crippen molar-refractivity contribution in [3.8, 4) is 5.75 Å². The summed E-state index contributed by atoms with van der Waals surface area (Å²) in [5, 5.41) is 3.31. The summed E-state index contributed by atoms with van der Waals surface area (Å²) in [6.45, 7) is 6.00. The molecule has 0 unspecified atom stereocenters. The smallest absolute Gasteiger partial charge is 0.406 e. The summed E-state index contributed by atoms with van der Waals surface area (Å²) in [4.78, 5) is 34.1. The van der Waals surface area contributed by atoms with Gasteiger partial charge in [0, 0.05) is 40.3 Å². The maximum atomic E-state index is 13.7. The molecule has 4 rings (SSSR count). The third-order valence-corrected chi connectivity index (χ3v) is 10.2. The summed E-state index contributed by atoms with van der Waals surface area (Å²) in [5.74, 6) is -1.01. The number of hydrogen-bond acceptors (Lipinski definition) is 8. The molecule has 2 amide bonds. The highest BCUT2D eigenvalue weighted by molar-refractivity contribution is 7.89. The Morgan fingerprint density at radius 3 is 2.30 bits per heavy atom. The third kappa shape index (κ3) is 7.68. The zero-order chi connectivity index (χ0) is 32.4. The monoisotopic (exact) mass is 653 g/mol. The lowest BCUT2D eigenvalue weighted by Gasteiger charge is -2.39. The Bertz CT molecular complexity index is 1590. The average Bonchev–Trinajstić information content (AvgIpc) is 3.36. The largest absolute Gasteiger partial charge is 0.573 e. The zero-order valence-electron chi connectivity index (χ0n) is 24.9. The van der Waals surface area contributed by atoms with Crippen LogP contribution in [0.1, 0.15) is 46.3 Å². The normalized spacial score (nSPS) is 16.2. The maximum absolute atomic E-state index is 13.7. The first-order valence-electron chi connectivity index (χ1n) is 13.7. The quantitative estimate of drug-likeness (QED) is 0.365. The van der Waals surface area contributed by atoms with Gasteiger partial charge in [-0.3, -0.25) is 9.59 Å². The number of nitrogens with zero attached hydrogens (tertiary/aromatic N) is 4. The Morgan fingerprint density at radius 2 is 1.73 bits per heavy atom. The Labute approximate surface area is 258 Å². The molecule has 2 aromatic carbocycles. The maximum Gasteiger partial charge on any atom is 0.573 e. The van der Waals surface area contributed by atoms with Gasteiger partial charge in [-0.1, -0.05) is 49.4 Å². The number of amides is 2. The highest BCUT2D eigenvalue weighted by Gasteiger charge is 2.41. The molecule has 0 spiro atoms. The van der Waals surface area contributed by atoms with Crippen molar-refractivity contribution in [2.45, 2.75) is 50.5 Å². The fourth-order valence-electron chi connectivity index (χ4n) is 4.64. The predicted octanol–water partition coefficient (Wildman–Crippen LogP) is 4.37. The first-order chi connectivity index (χ1) is 20.6. The van der Waals surface area contributed by atoms with Crippen LogP contribution in [0.25, 0.3) is 0 Å². The van der Waals surface area contributed by atoms with Crippen LogP contribution in [0, 0.1) is 6.92 Å². The number of nitrogens with one attached hydrogen (secondary N) is 1. The average molecular weight is 654 g/mol. The van der Waals surface area contributed by atoms with Gasteiger partial charge in [-0.05, 0) is 48.2 Å². The molecule has 1 atom stereocenters. The van der Waals surface area contributed by atoms with Crippen LogP contribution in [0.4, 0.5) is 18.3 Å². The second-order valence-electron chi connectivity index (χ2n) is 10.8. The van der Waals surface area contributed by atoms with E-state index in [0.717, 1.165) is 51.0 Å². The molecule has 15 heteroatoms. The van der Waals surface area contributed by atoms with Crippen LogP contribution in [0.5, 0.6) is 5.75 Å². The van der Waals surface area contributed by atoms with E-state index in [1.165, 1.54) is 4.90 Å². The molecule has 1 fully saturated rings. The number of benzene rings is 2. The molecule has 1 aliphatic rings. The second-order valence-corrected chi connectivity index (χ2v) is 13.7. The van der Waals surface area contributed by atoms with E-state index in [9.17, 15) is 31.2 Å². The number of aryl methyl sites for hydroxylation is 1. The van der Waals surface area contributed by atoms with Crippen molar-refractivity contribution in [2.75, 3.05) is 38.6 Å². The molecule has 0 radical (unpaired) electrons.